The fraction of sp³-hybridized carbons (Fsp3) is 0.500. The molecule has 2 heterocycles. The highest BCUT2D eigenvalue weighted by molar-refractivity contribution is 7.15. The molecule has 0 atom stereocenters. The van der Waals surface area contributed by atoms with Gasteiger partial charge in [-0.05, 0) is 37.9 Å². The molecule has 106 valence electrons. The lowest BCUT2D eigenvalue weighted by Gasteiger charge is -2.03. The Morgan fingerprint density at radius 2 is 2.25 bits per heavy atom. The Morgan fingerprint density at radius 3 is 2.95 bits per heavy atom. The highest BCUT2D eigenvalue weighted by Crippen LogP contribution is 2.43. The van der Waals surface area contributed by atoms with Crippen LogP contribution in [-0.4, -0.2) is 16.5 Å². The van der Waals surface area contributed by atoms with E-state index in [1.165, 1.54) is 36.3 Å². The molecular weight excluding hydrogens is 266 g/mol. The third kappa shape index (κ3) is 3.25. The molecule has 4 heteroatoms. The van der Waals surface area contributed by atoms with Gasteiger partial charge in [-0.15, -0.1) is 11.3 Å². The fourth-order valence-corrected chi connectivity index (χ4v) is 3.36. The first-order valence-electron chi connectivity index (χ1n) is 7.50. The second kappa shape index (κ2) is 6.46. The third-order valence-electron chi connectivity index (χ3n) is 3.57. The van der Waals surface area contributed by atoms with E-state index < -0.39 is 0 Å². The van der Waals surface area contributed by atoms with Gasteiger partial charge < -0.3 is 5.32 Å². The quantitative estimate of drug-likeness (QED) is 0.783. The number of hydrogen-bond acceptors (Lipinski definition) is 4. The molecule has 1 N–H and O–H groups in total. The van der Waals surface area contributed by atoms with E-state index in [0.29, 0.717) is 5.92 Å². The van der Waals surface area contributed by atoms with Gasteiger partial charge in [-0.2, -0.15) is 0 Å². The minimum absolute atomic E-state index is 0.701. The summed E-state index contributed by atoms with van der Waals surface area (Å²) < 4.78 is 0. The van der Waals surface area contributed by atoms with Crippen LogP contribution < -0.4 is 5.32 Å². The van der Waals surface area contributed by atoms with Crippen LogP contribution in [0.5, 0.6) is 0 Å². The third-order valence-corrected chi connectivity index (χ3v) is 4.66. The standard InChI is InChI=1S/C16H21N3S/c1-2-3-9-17-11-14-15(12-7-8-12)19-16(20-14)13-6-4-5-10-18-13/h4-6,10,12,17H,2-3,7-9,11H2,1H3. The summed E-state index contributed by atoms with van der Waals surface area (Å²) in [6, 6.07) is 6.02. The molecule has 2 aromatic heterocycles. The molecule has 1 aliphatic carbocycles. The largest absolute Gasteiger partial charge is 0.312 e. The molecule has 0 bridgehead atoms. The smallest absolute Gasteiger partial charge is 0.142 e. The minimum atomic E-state index is 0.701. The Hall–Kier alpha value is -1.26. The second-order valence-corrected chi connectivity index (χ2v) is 6.43. The summed E-state index contributed by atoms with van der Waals surface area (Å²) in [7, 11) is 0. The highest BCUT2D eigenvalue weighted by Gasteiger charge is 2.29. The second-order valence-electron chi connectivity index (χ2n) is 5.35. The van der Waals surface area contributed by atoms with Gasteiger partial charge in [0.15, 0.2) is 0 Å². The zero-order valence-corrected chi connectivity index (χ0v) is 12.7. The van der Waals surface area contributed by atoms with Crippen molar-refractivity contribution in [2.45, 2.75) is 45.1 Å². The number of unbranched alkanes of at least 4 members (excludes halogenated alkanes) is 1. The van der Waals surface area contributed by atoms with Gasteiger partial charge >= 0.3 is 0 Å². The van der Waals surface area contributed by atoms with E-state index in [1.54, 1.807) is 11.3 Å². The number of nitrogens with zero attached hydrogens (tertiary/aromatic N) is 2. The van der Waals surface area contributed by atoms with E-state index in [9.17, 15) is 0 Å². The van der Waals surface area contributed by atoms with E-state index in [4.69, 9.17) is 4.98 Å². The molecule has 0 radical (unpaired) electrons. The van der Waals surface area contributed by atoms with Gasteiger partial charge in [-0.3, -0.25) is 4.98 Å². The van der Waals surface area contributed by atoms with Gasteiger partial charge in [0.05, 0.1) is 11.4 Å². The van der Waals surface area contributed by atoms with Crippen molar-refractivity contribution in [3.63, 3.8) is 0 Å². The average molecular weight is 287 g/mol. The lowest BCUT2D eigenvalue weighted by Crippen LogP contribution is -2.14. The number of aromatic nitrogens is 2. The number of pyridine rings is 1. The first-order chi connectivity index (χ1) is 9.88. The number of nitrogens with one attached hydrogen (secondary N) is 1. The van der Waals surface area contributed by atoms with Crippen molar-refractivity contribution in [2.75, 3.05) is 6.54 Å². The van der Waals surface area contributed by atoms with E-state index in [-0.39, 0.29) is 0 Å². The average Bonchev–Trinajstić information content (AvgIpc) is 3.25. The van der Waals surface area contributed by atoms with Crippen molar-refractivity contribution in [2.24, 2.45) is 0 Å². The Balaban J connectivity index is 1.76. The molecule has 3 nitrogen and oxygen atoms in total. The van der Waals surface area contributed by atoms with E-state index in [1.807, 2.05) is 24.4 Å². The zero-order valence-electron chi connectivity index (χ0n) is 11.9. The van der Waals surface area contributed by atoms with Gasteiger partial charge in [-0.1, -0.05) is 19.4 Å². The lowest BCUT2D eigenvalue weighted by atomic mass is 10.2. The van der Waals surface area contributed by atoms with Crippen molar-refractivity contribution >= 4 is 11.3 Å². The molecular formula is C16H21N3S. The maximum atomic E-state index is 4.86. The van der Waals surface area contributed by atoms with Crippen molar-refractivity contribution in [3.8, 4) is 10.7 Å². The Labute approximate surface area is 124 Å². The Morgan fingerprint density at radius 1 is 1.35 bits per heavy atom. The van der Waals surface area contributed by atoms with E-state index >= 15 is 0 Å². The van der Waals surface area contributed by atoms with Gasteiger partial charge in [0, 0.05) is 23.5 Å². The zero-order chi connectivity index (χ0) is 13.8. The summed E-state index contributed by atoms with van der Waals surface area (Å²) in [4.78, 5) is 10.7. The van der Waals surface area contributed by atoms with Gasteiger partial charge in [0.2, 0.25) is 0 Å². The van der Waals surface area contributed by atoms with Crippen LogP contribution in [0.4, 0.5) is 0 Å². The van der Waals surface area contributed by atoms with Crippen molar-refractivity contribution in [1.29, 1.82) is 0 Å². The topological polar surface area (TPSA) is 37.8 Å². The highest BCUT2D eigenvalue weighted by atomic mass is 32.1. The molecule has 3 rings (SSSR count). The van der Waals surface area contributed by atoms with E-state index in [0.717, 1.165) is 23.8 Å². The van der Waals surface area contributed by atoms with Crippen LogP contribution in [0.1, 0.15) is 49.1 Å². The number of thiazole rings is 1. The monoisotopic (exact) mass is 287 g/mol. The van der Waals surface area contributed by atoms with Gasteiger partial charge in [0.25, 0.3) is 0 Å². The van der Waals surface area contributed by atoms with Crippen LogP contribution in [-0.2, 0) is 6.54 Å². The molecule has 20 heavy (non-hydrogen) atoms. The molecule has 1 saturated carbocycles. The minimum Gasteiger partial charge on any atom is -0.312 e. The van der Waals surface area contributed by atoms with Crippen LogP contribution in [0.15, 0.2) is 24.4 Å². The summed E-state index contributed by atoms with van der Waals surface area (Å²) in [5.74, 6) is 0.701. The normalized spacial score (nSPS) is 14.7. The molecule has 0 aromatic carbocycles. The molecule has 2 aromatic rings. The first kappa shape index (κ1) is 13.7. The summed E-state index contributed by atoms with van der Waals surface area (Å²) >= 11 is 1.80. The maximum absolute atomic E-state index is 4.86. The Bertz CT molecular complexity index is 546. The molecule has 1 fully saturated rings. The molecule has 0 unspecified atom stereocenters. The predicted octanol–water partition coefficient (Wildman–Crippen LogP) is 3.97. The summed E-state index contributed by atoms with van der Waals surface area (Å²) in [5, 5.41) is 4.61. The van der Waals surface area contributed by atoms with E-state index in [2.05, 4.69) is 17.2 Å². The molecule has 0 amide bonds. The van der Waals surface area contributed by atoms with Crippen molar-refractivity contribution < 1.29 is 0 Å². The summed E-state index contributed by atoms with van der Waals surface area (Å²) in [6.45, 7) is 4.27. The first-order valence-corrected chi connectivity index (χ1v) is 8.32. The van der Waals surface area contributed by atoms with Crippen LogP contribution in [0.25, 0.3) is 10.7 Å². The number of hydrogen-bond donors (Lipinski definition) is 1. The summed E-state index contributed by atoms with van der Waals surface area (Å²) in [6.07, 6.45) is 6.92. The van der Waals surface area contributed by atoms with Crippen LogP contribution in [0.2, 0.25) is 0 Å². The molecule has 0 aliphatic heterocycles. The predicted molar refractivity (Wildman–Crippen MR) is 83.9 cm³/mol. The molecule has 1 aliphatic rings. The fourth-order valence-electron chi connectivity index (χ4n) is 2.27. The molecule has 0 saturated heterocycles. The van der Waals surface area contributed by atoms with Gasteiger partial charge in [-0.25, -0.2) is 4.98 Å². The van der Waals surface area contributed by atoms with Crippen LogP contribution >= 0.6 is 11.3 Å². The maximum Gasteiger partial charge on any atom is 0.142 e. The Kier molecular flexibility index (Phi) is 4.43. The molecule has 0 spiro atoms. The van der Waals surface area contributed by atoms with Crippen molar-refractivity contribution in [3.05, 3.63) is 35.0 Å². The SMILES string of the molecule is CCCCNCc1sc(-c2ccccn2)nc1C1CC1. The van der Waals surface area contributed by atoms with Crippen molar-refractivity contribution in [1.82, 2.24) is 15.3 Å². The lowest BCUT2D eigenvalue weighted by molar-refractivity contribution is 0.642. The number of rotatable bonds is 7. The summed E-state index contributed by atoms with van der Waals surface area (Å²) in [5.41, 5.74) is 2.32. The van der Waals surface area contributed by atoms with Gasteiger partial charge in [0.1, 0.15) is 5.01 Å². The van der Waals surface area contributed by atoms with Crippen LogP contribution in [0.3, 0.4) is 0 Å². The van der Waals surface area contributed by atoms with Crippen LogP contribution in [0, 0.1) is 0 Å².